The SMILES string of the molecule is C=C1CNC[C@@H](C)O1. The van der Waals surface area contributed by atoms with Gasteiger partial charge in [0.2, 0.25) is 0 Å². The molecule has 0 aromatic heterocycles. The lowest BCUT2D eigenvalue weighted by Gasteiger charge is -2.22. The van der Waals surface area contributed by atoms with Gasteiger partial charge in [-0.05, 0) is 6.92 Å². The maximum Gasteiger partial charge on any atom is 0.108 e. The molecule has 1 fully saturated rings. The molecule has 1 aliphatic heterocycles. The number of ether oxygens (including phenoxy) is 1. The average Bonchev–Trinajstić information content (AvgIpc) is 1.64. The zero-order chi connectivity index (χ0) is 5.98. The number of rotatable bonds is 0. The summed E-state index contributed by atoms with van der Waals surface area (Å²) in [7, 11) is 0. The molecule has 0 radical (unpaired) electrons. The smallest absolute Gasteiger partial charge is 0.108 e. The summed E-state index contributed by atoms with van der Waals surface area (Å²) in [6.07, 6.45) is 0.302. The second-order valence-electron chi connectivity index (χ2n) is 2.10. The predicted molar refractivity (Wildman–Crippen MR) is 32.6 cm³/mol. The average molecular weight is 113 g/mol. The van der Waals surface area contributed by atoms with Gasteiger partial charge in [-0.3, -0.25) is 0 Å². The molecule has 46 valence electrons. The molecule has 2 nitrogen and oxygen atoms in total. The van der Waals surface area contributed by atoms with Gasteiger partial charge in [0, 0.05) is 6.54 Å². The summed E-state index contributed by atoms with van der Waals surface area (Å²) < 4.78 is 5.23. The first-order valence-electron chi connectivity index (χ1n) is 2.84. The van der Waals surface area contributed by atoms with Gasteiger partial charge >= 0.3 is 0 Å². The van der Waals surface area contributed by atoms with Crippen LogP contribution in [0.15, 0.2) is 12.3 Å². The van der Waals surface area contributed by atoms with Gasteiger partial charge in [0.25, 0.3) is 0 Å². The Morgan fingerprint density at radius 3 is 3.00 bits per heavy atom. The highest BCUT2D eigenvalue weighted by Gasteiger charge is 2.09. The van der Waals surface area contributed by atoms with Crippen LogP contribution < -0.4 is 5.32 Å². The van der Waals surface area contributed by atoms with E-state index in [1.807, 2.05) is 6.92 Å². The Bertz CT molecular complexity index is 101. The van der Waals surface area contributed by atoms with Gasteiger partial charge in [0.05, 0.1) is 6.54 Å². The number of hydrogen-bond acceptors (Lipinski definition) is 2. The van der Waals surface area contributed by atoms with Crippen LogP contribution in [0.2, 0.25) is 0 Å². The Labute approximate surface area is 49.5 Å². The van der Waals surface area contributed by atoms with E-state index in [1.165, 1.54) is 0 Å². The molecule has 0 aliphatic carbocycles. The minimum absolute atomic E-state index is 0.302. The molecule has 1 heterocycles. The summed E-state index contributed by atoms with van der Waals surface area (Å²) in [5.74, 6) is 0.851. The summed E-state index contributed by atoms with van der Waals surface area (Å²) in [4.78, 5) is 0. The Balaban J connectivity index is 2.34. The zero-order valence-electron chi connectivity index (χ0n) is 5.11. The fourth-order valence-corrected chi connectivity index (χ4v) is 0.783. The molecule has 2 heteroatoms. The maximum atomic E-state index is 5.23. The third kappa shape index (κ3) is 1.23. The van der Waals surface area contributed by atoms with Crippen molar-refractivity contribution in [2.45, 2.75) is 13.0 Å². The third-order valence-corrected chi connectivity index (χ3v) is 1.12. The standard InChI is InChI=1S/C6H11NO/c1-5-3-7-4-6(2)8-5/h6-7H,1,3-4H2,2H3/t6-/m1/s1. The quantitative estimate of drug-likeness (QED) is 0.494. The molecular formula is C6H11NO. The van der Waals surface area contributed by atoms with Crippen LogP contribution in [-0.2, 0) is 4.74 Å². The molecule has 1 aliphatic rings. The monoisotopic (exact) mass is 113 g/mol. The second-order valence-corrected chi connectivity index (χ2v) is 2.10. The molecule has 1 saturated heterocycles. The van der Waals surface area contributed by atoms with E-state index >= 15 is 0 Å². The molecule has 0 unspecified atom stereocenters. The van der Waals surface area contributed by atoms with Gasteiger partial charge < -0.3 is 10.1 Å². The molecule has 0 saturated carbocycles. The highest BCUT2D eigenvalue weighted by atomic mass is 16.5. The van der Waals surface area contributed by atoms with Crippen LogP contribution in [0.1, 0.15) is 6.92 Å². The van der Waals surface area contributed by atoms with Crippen LogP contribution in [0.4, 0.5) is 0 Å². The lowest BCUT2D eigenvalue weighted by molar-refractivity contribution is 0.101. The molecular weight excluding hydrogens is 102 g/mol. The van der Waals surface area contributed by atoms with E-state index in [9.17, 15) is 0 Å². The van der Waals surface area contributed by atoms with E-state index in [-0.39, 0.29) is 0 Å². The van der Waals surface area contributed by atoms with E-state index in [1.54, 1.807) is 0 Å². The summed E-state index contributed by atoms with van der Waals surface area (Å²) in [6.45, 7) is 7.46. The zero-order valence-corrected chi connectivity index (χ0v) is 5.11. The number of morpholine rings is 1. The predicted octanol–water partition coefficient (Wildman–Crippen LogP) is 0.508. The Hall–Kier alpha value is -0.500. The Morgan fingerprint density at radius 1 is 1.88 bits per heavy atom. The van der Waals surface area contributed by atoms with Crippen molar-refractivity contribution in [3.63, 3.8) is 0 Å². The molecule has 8 heavy (non-hydrogen) atoms. The highest BCUT2D eigenvalue weighted by Crippen LogP contribution is 2.02. The van der Waals surface area contributed by atoms with Gasteiger partial charge in [0.15, 0.2) is 0 Å². The minimum Gasteiger partial charge on any atom is -0.493 e. The van der Waals surface area contributed by atoms with Gasteiger partial charge in [-0.1, -0.05) is 6.58 Å². The number of nitrogens with one attached hydrogen (secondary N) is 1. The van der Waals surface area contributed by atoms with Crippen LogP contribution in [0.3, 0.4) is 0 Å². The Morgan fingerprint density at radius 2 is 2.62 bits per heavy atom. The normalized spacial score (nSPS) is 29.6. The fourth-order valence-electron chi connectivity index (χ4n) is 0.783. The third-order valence-electron chi connectivity index (χ3n) is 1.12. The van der Waals surface area contributed by atoms with Crippen LogP contribution >= 0.6 is 0 Å². The van der Waals surface area contributed by atoms with Gasteiger partial charge in [-0.25, -0.2) is 0 Å². The molecule has 1 atom stereocenters. The van der Waals surface area contributed by atoms with Crippen LogP contribution in [-0.4, -0.2) is 19.2 Å². The van der Waals surface area contributed by atoms with Crippen LogP contribution in [0, 0.1) is 0 Å². The Kier molecular flexibility index (Phi) is 1.53. The van der Waals surface area contributed by atoms with Gasteiger partial charge in [-0.15, -0.1) is 0 Å². The lowest BCUT2D eigenvalue weighted by atomic mass is 10.3. The first kappa shape index (κ1) is 5.63. The van der Waals surface area contributed by atoms with E-state index in [2.05, 4.69) is 11.9 Å². The highest BCUT2D eigenvalue weighted by molar-refractivity contribution is 4.90. The fraction of sp³-hybridized carbons (Fsp3) is 0.667. The summed E-state index contributed by atoms with van der Waals surface area (Å²) in [6, 6.07) is 0. The van der Waals surface area contributed by atoms with Crippen molar-refractivity contribution in [2.75, 3.05) is 13.1 Å². The summed E-state index contributed by atoms with van der Waals surface area (Å²) in [5, 5.41) is 3.16. The maximum absolute atomic E-state index is 5.23. The molecule has 0 aromatic rings. The van der Waals surface area contributed by atoms with Crippen molar-refractivity contribution in [1.82, 2.24) is 5.32 Å². The van der Waals surface area contributed by atoms with Crippen LogP contribution in [0.25, 0.3) is 0 Å². The molecule has 0 spiro atoms. The molecule has 1 rings (SSSR count). The van der Waals surface area contributed by atoms with Crippen molar-refractivity contribution in [3.05, 3.63) is 12.3 Å². The van der Waals surface area contributed by atoms with Gasteiger partial charge in [0.1, 0.15) is 11.9 Å². The molecule has 0 bridgehead atoms. The van der Waals surface area contributed by atoms with Crippen molar-refractivity contribution < 1.29 is 4.74 Å². The van der Waals surface area contributed by atoms with Crippen LogP contribution in [0.5, 0.6) is 0 Å². The van der Waals surface area contributed by atoms with Crippen molar-refractivity contribution in [2.24, 2.45) is 0 Å². The van der Waals surface area contributed by atoms with E-state index in [0.29, 0.717) is 6.10 Å². The number of hydrogen-bond donors (Lipinski definition) is 1. The van der Waals surface area contributed by atoms with E-state index < -0.39 is 0 Å². The topological polar surface area (TPSA) is 21.3 Å². The summed E-state index contributed by atoms with van der Waals surface area (Å²) >= 11 is 0. The molecule has 0 aromatic carbocycles. The second kappa shape index (κ2) is 2.18. The first-order chi connectivity index (χ1) is 3.79. The van der Waals surface area contributed by atoms with E-state index in [4.69, 9.17) is 4.74 Å². The van der Waals surface area contributed by atoms with Crippen molar-refractivity contribution in [1.29, 1.82) is 0 Å². The van der Waals surface area contributed by atoms with Crippen molar-refractivity contribution in [3.8, 4) is 0 Å². The molecule has 1 N–H and O–H groups in total. The minimum atomic E-state index is 0.302. The van der Waals surface area contributed by atoms with Crippen molar-refractivity contribution >= 4 is 0 Å². The van der Waals surface area contributed by atoms with Gasteiger partial charge in [-0.2, -0.15) is 0 Å². The van der Waals surface area contributed by atoms with E-state index in [0.717, 1.165) is 18.8 Å². The molecule has 0 amide bonds. The first-order valence-corrected chi connectivity index (χ1v) is 2.84. The summed E-state index contributed by atoms with van der Waals surface area (Å²) in [5.41, 5.74) is 0. The largest absolute Gasteiger partial charge is 0.493 e. The lowest BCUT2D eigenvalue weighted by Crippen LogP contribution is -2.34.